The summed E-state index contributed by atoms with van der Waals surface area (Å²) in [5.74, 6) is 0. The third kappa shape index (κ3) is 5.52. The highest BCUT2D eigenvalue weighted by molar-refractivity contribution is 7.71. The molecule has 0 saturated carbocycles. The van der Waals surface area contributed by atoms with E-state index in [1.165, 1.54) is 0 Å². The number of hydrogen-bond acceptors (Lipinski definition) is 6. The molecule has 18 heavy (non-hydrogen) atoms. The Morgan fingerprint density at radius 2 is 1.33 bits per heavy atom. The molecule has 0 aromatic rings. The Kier molecular flexibility index (Phi) is 7.14. The first kappa shape index (κ1) is 17.6. The minimum atomic E-state index is -4.69. The van der Waals surface area contributed by atoms with Crippen LogP contribution < -0.4 is 0 Å². The number of rotatable bonds is 9. The van der Waals surface area contributed by atoms with E-state index < -0.39 is 26.2 Å². The highest BCUT2D eigenvalue weighted by Crippen LogP contribution is 2.48. The highest BCUT2D eigenvalue weighted by atomic mass is 31.2. The standard InChI is InChI=1S/C8H16O8P2/c1-15-18(14,16-2)8(10)6-4-3-5-7(9)17(11,12)13/h3-6H2,1-2H3,(H2,11,12,13). The molecule has 106 valence electrons. The summed E-state index contributed by atoms with van der Waals surface area (Å²) in [4.78, 5) is 39.3. The minimum absolute atomic E-state index is 0.114. The van der Waals surface area contributed by atoms with Gasteiger partial charge in [0, 0.05) is 27.1 Å². The molecule has 0 radical (unpaired) electrons. The third-order valence-corrected chi connectivity index (χ3v) is 4.81. The minimum Gasteiger partial charge on any atom is -0.319 e. The zero-order valence-corrected chi connectivity index (χ0v) is 11.9. The van der Waals surface area contributed by atoms with Gasteiger partial charge < -0.3 is 18.8 Å². The zero-order valence-electron chi connectivity index (χ0n) is 10.1. The summed E-state index contributed by atoms with van der Waals surface area (Å²) in [6.45, 7) is 0. The molecule has 0 rings (SSSR count). The lowest BCUT2D eigenvalue weighted by atomic mass is 10.2. The molecular formula is C8H16O8P2. The van der Waals surface area contributed by atoms with E-state index in [1.54, 1.807) is 0 Å². The summed E-state index contributed by atoms with van der Waals surface area (Å²) in [5.41, 5.74) is -1.90. The molecule has 0 aliphatic rings. The monoisotopic (exact) mass is 302 g/mol. The number of carbonyl (C=O) groups is 2. The summed E-state index contributed by atoms with van der Waals surface area (Å²) in [7, 11) is -6.27. The first-order chi connectivity index (χ1) is 8.17. The van der Waals surface area contributed by atoms with Crippen LogP contribution in [0.5, 0.6) is 0 Å². The fourth-order valence-corrected chi connectivity index (χ4v) is 2.55. The number of hydrogen-bond donors (Lipinski definition) is 2. The van der Waals surface area contributed by atoms with Crippen molar-refractivity contribution in [2.75, 3.05) is 14.2 Å². The summed E-state index contributed by atoms with van der Waals surface area (Å²) in [5, 5.41) is 0. The second-order valence-electron chi connectivity index (χ2n) is 3.40. The van der Waals surface area contributed by atoms with Crippen molar-refractivity contribution in [3.63, 3.8) is 0 Å². The van der Waals surface area contributed by atoms with Gasteiger partial charge in [0.15, 0.2) is 0 Å². The summed E-state index contributed by atoms with van der Waals surface area (Å²) < 4.78 is 31.0. The van der Waals surface area contributed by atoms with E-state index in [1.807, 2.05) is 0 Å². The van der Waals surface area contributed by atoms with Crippen LogP contribution in [-0.4, -0.2) is 35.1 Å². The van der Waals surface area contributed by atoms with E-state index in [0.717, 1.165) is 14.2 Å². The van der Waals surface area contributed by atoms with Crippen LogP contribution in [0.15, 0.2) is 0 Å². The van der Waals surface area contributed by atoms with Crippen LogP contribution >= 0.6 is 15.2 Å². The van der Waals surface area contributed by atoms with Gasteiger partial charge in [-0.25, -0.2) is 0 Å². The molecule has 0 amide bonds. The maximum atomic E-state index is 11.6. The van der Waals surface area contributed by atoms with Crippen molar-refractivity contribution in [2.24, 2.45) is 0 Å². The Labute approximate surface area is 104 Å². The van der Waals surface area contributed by atoms with Gasteiger partial charge >= 0.3 is 15.2 Å². The first-order valence-corrected chi connectivity index (χ1v) is 8.16. The van der Waals surface area contributed by atoms with Crippen molar-refractivity contribution in [3.05, 3.63) is 0 Å². The molecule has 0 saturated heterocycles. The maximum Gasteiger partial charge on any atom is 0.396 e. The maximum absolute atomic E-state index is 11.6. The zero-order chi connectivity index (χ0) is 14.4. The second-order valence-corrected chi connectivity index (χ2v) is 7.21. The lowest BCUT2D eigenvalue weighted by Crippen LogP contribution is -2.04. The van der Waals surface area contributed by atoms with Gasteiger partial charge in [-0.15, -0.1) is 0 Å². The fourth-order valence-electron chi connectivity index (χ4n) is 1.11. The molecule has 0 heterocycles. The number of unbranched alkanes of at least 4 members (excludes halogenated alkanes) is 1. The van der Waals surface area contributed by atoms with Gasteiger partial charge in [-0.2, -0.15) is 0 Å². The van der Waals surface area contributed by atoms with Crippen molar-refractivity contribution in [2.45, 2.75) is 25.7 Å². The molecule has 0 aliphatic heterocycles. The summed E-state index contributed by atoms with van der Waals surface area (Å²) in [6, 6.07) is 0. The van der Waals surface area contributed by atoms with Crippen molar-refractivity contribution in [1.29, 1.82) is 0 Å². The van der Waals surface area contributed by atoms with Crippen molar-refractivity contribution in [3.8, 4) is 0 Å². The van der Waals surface area contributed by atoms with Crippen LogP contribution in [0.1, 0.15) is 25.7 Å². The van der Waals surface area contributed by atoms with Crippen molar-refractivity contribution in [1.82, 2.24) is 0 Å². The Hall–Kier alpha value is -0.360. The molecular weight excluding hydrogens is 286 g/mol. The molecule has 0 aromatic carbocycles. The smallest absolute Gasteiger partial charge is 0.319 e. The molecule has 8 nitrogen and oxygen atoms in total. The lowest BCUT2D eigenvalue weighted by Gasteiger charge is -2.11. The predicted octanol–water partition coefficient (Wildman–Crippen LogP) is 1.26. The average molecular weight is 302 g/mol. The quantitative estimate of drug-likeness (QED) is 0.481. The van der Waals surface area contributed by atoms with Gasteiger partial charge in [0.2, 0.25) is 11.0 Å². The Bertz CT molecular complexity index is 390. The van der Waals surface area contributed by atoms with Crippen LogP contribution in [0.25, 0.3) is 0 Å². The van der Waals surface area contributed by atoms with Gasteiger partial charge in [-0.3, -0.25) is 18.7 Å². The van der Waals surface area contributed by atoms with E-state index in [9.17, 15) is 18.7 Å². The molecule has 0 spiro atoms. The molecule has 0 aromatic heterocycles. The molecule has 2 N–H and O–H groups in total. The average Bonchev–Trinajstić information content (AvgIpc) is 2.31. The molecule has 0 bridgehead atoms. The molecule has 0 atom stereocenters. The van der Waals surface area contributed by atoms with Crippen LogP contribution in [0.4, 0.5) is 0 Å². The Balaban J connectivity index is 4.08. The Morgan fingerprint density at radius 1 is 0.944 bits per heavy atom. The van der Waals surface area contributed by atoms with E-state index in [2.05, 4.69) is 9.05 Å². The van der Waals surface area contributed by atoms with Crippen molar-refractivity contribution < 1.29 is 37.6 Å². The van der Waals surface area contributed by atoms with Gasteiger partial charge in [0.05, 0.1) is 0 Å². The third-order valence-electron chi connectivity index (χ3n) is 2.14. The molecule has 0 fully saturated rings. The van der Waals surface area contributed by atoms with Crippen LogP contribution in [0, 0.1) is 0 Å². The fraction of sp³-hybridized carbons (Fsp3) is 0.750. The van der Waals surface area contributed by atoms with E-state index >= 15 is 0 Å². The second kappa shape index (κ2) is 7.28. The molecule has 10 heteroatoms. The van der Waals surface area contributed by atoms with Gasteiger partial charge in [-0.1, -0.05) is 0 Å². The van der Waals surface area contributed by atoms with Gasteiger partial charge in [-0.05, 0) is 12.8 Å². The summed E-state index contributed by atoms with van der Waals surface area (Å²) in [6.07, 6.45) is -0.195. The van der Waals surface area contributed by atoms with Crippen molar-refractivity contribution >= 4 is 26.2 Å². The van der Waals surface area contributed by atoms with Crippen LogP contribution in [0.3, 0.4) is 0 Å². The van der Waals surface area contributed by atoms with E-state index in [0.29, 0.717) is 0 Å². The highest BCUT2D eigenvalue weighted by Gasteiger charge is 2.31. The first-order valence-electron chi connectivity index (χ1n) is 5.01. The van der Waals surface area contributed by atoms with Crippen LogP contribution in [-0.2, 0) is 27.8 Å². The largest absolute Gasteiger partial charge is 0.396 e. The van der Waals surface area contributed by atoms with Gasteiger partial charge in [0.1, 0.15) is 0 Å². The molecule has 0 unspecified atom stereocenters. The number of carbonyl (C=O) groups excluding carboxylic acids is 2. The van der Waals surface area contributed by atoms with Crippen LogP contribution in [0.2, 0.25) is 0 Å². The summed E-state index contributed by atoms with van der Waals surface area (Å²) >= 11 is 0. The Morgan fingerprint density at radius 3 is 1.67 bits per heavy atom. The lowest BCUT2D eigenvalue weighted by molar-refractivity contribution is -0.115. The van der Waals surface area contributed by atoms with E-state index in [-0.39, 0.29) is 25.7 Å². The SMILES string of the molecule is COP(=O)(OC)C(=O)CCCCC(=O)P(=O)(O)O. The molecule has 0 aliphatic carbocycles. The predicted molar refractivity (Wildman–Crippen MR) is 62.2 cm³/mol. The topological polar surface area (TPSA) is 127 Å². The normalized spacial score (nSPS) is 12.4. The van der Waals surface area contributed by atoms with E-state index in [4.69, 9.17) is 9.79 Å². The van der Waals surface area contributed by atoms with Gasteiger partial charge in [0.25, 0.3) is 0 Å².